The topological polar surface area (TPSA) is 26.0 Å². The summed E-state index contributed by atoms with van der Waals surface area (Å²) < 4.78 is 0. The van der Waals surface area contributed by atoms with Gasteiger partial charge in [-0.15, -0.1) is 0 Å². The number of hydrogen-bond donors (Lipinski definition) is 1. The fraction of sp³-hybridized carbons (Fsp3) is 0.625. The van der Waals surface area contributed by atoms with E-state index in [0.717, 1.165) is 23.9 Å². The number of hydrogen-bond acceptors (Lipinski definition) is 1. The van der Waals surface area contributed by atoms with Gasteiger partial charge in [-0.2, -0.15) is 0 Å². The lowest BCUT2D eigenvalue weighted by Crippen LogP contribution is -2.36. The van der Waals surface area contributed by atoms with Crippen molar-refractivity contribution in [2.75, 3.05) is 6.54 Å². The first kappa shape index (κ1) is 15.2. The highest BCUT2D eigenvalue weighted by molar-refractivity contribution is 6.35. The summed E-state index contributed by atoms with van der Waals surface area (Å²) in [4.78, 5) is 0. The molecule has 0 bridgehead atoms. The Balaban J connectivity index is 2.10. The molecule has 0 amide bonds. The predicted molar refractivity (Wildman–Crippen MR) is 83.9 cm³/mol. The molecule has 2 rings (SSSR count). The lowest BCUT2D eigenvalue weighted by atomic mass is 9.67. The van der Waals surface area contributed by atoms with Gasteiger partial charge in [-0.3, -0.25) is 0 Å². The molecule has 0 aliphatic heterocycles. The fourth-order valence-electron chi connectivity index (χ4n) is 3.22. The molecule has 0 aromatic heterocycles. The SMILES string of the molecule is CCC1CCC(CN)(Cc2ccc(Cl)cc2Cl)CC1. The van der Waals surface area contributed by atoms with E-state index in [9.17, 15) is 0 Å². The molecule has 0 heterocycles. The average molecular weight is 300 g/mol. The molecule has 0 radical (unpaired) electrons. The number of halogens is 2. The molecule has 106 valence electrons. The summed E-state index contributed by atoms with van der Waals surface area (Å²) in [6.07, 6.45) is 7.33. The molecule has 1 fully saturated rings. The van der Waals surface area contributed by atoms with Gasteiger partial charge >= 0.3 is 0 Å². The van der Waals surface area contributed by atoms with Gasteiger partial charge in [0, 0.05) is 10.0 Å². The van der Waals surface area contributed by atoms with Crippen LogP contribution < -0.4 is 5.73 Å². The quantitative estimate of drug-likeness (QED) is 0.824. The number of nitrogens with two attached hydrogens (primary N) is 1. The zero-order chi connectivity index (χ0) is 13.9. The van der Waals surface area contributed by atoms with Crippen LogP contribution in [0.1, 0.15) is 44.6 Å². The Morgan fingerprint density at radius 3 is 2.47 bits per heavy atom. The Bertz CT molecular complexity index is 423. The summed E-state index contributed by atoms with van der Waals surface area (Å²) in [6.45, 7) is 3.04. The molecule has 2 N–H and O–H groups in total. The van der Waals surface area contributed by atoms with Gasteiger partial charge in [0.25, 0.3) is 0 Å². The molecular formula is C16H23Cl2N. The lowest BCUT2D eigenvalue weighted by Gasteiger charge is -2.39. The van der Waals surface area contributed by atoms with Gasteiger partial charge in [-0.05, 0) is 67.7 Å². The van der Waals surface area contributed by atoms with E-state index in [2.05, 4.69) is 6.92 Å². The molecule has 1 aromatic carbocycles. The Morgan fingerprint density at radius 2 is 1.95 bits per heavy atom. The smallest absolute Gasteiger partial charge is 0.0453 e. The summed E-state index contributed by atoms with van der Waals surface area (Å²) in [5, 5.41) is 1.48. The normalized spacial score (nSPS) is 27.5. The summed E-state index contributed by atoms with van der Waals surface area (Å²) in [6, 6.07) is 5.80. The maximum absolute atomic E-state index is 6.30. The minimum absolute atomic E-state index is 0.239. The van der Waals surface area contributed by atoms with E-state index in [1.165, 1.54) is 37.7 Å². The van der Waals surface area contributed by atoms with Gasteiger partial charge in [0.05, 0.1) is 0 Å². The third-order valence-electron chi connectivity index (χ3n) is 4.76. The fourth-order valence-corrected chi connectivity index (χ4v) is 3.70. The molecule has 1 aliphatic rings. The first-order valence-electron chi connectivity index (χ1n) is 7.22. The summed E-state index contributed by atoms with van der Waals surface area (Å²) in [7, 11) is 0. The second-order valence-corrected chi connectivity index (χ2v) is 6.81. The maximum Gasteiger partial charge on any atom is 0.0453 e. The first-order chi connectivity index (χ1) is 9.08. The minimum Gasteiger partial charge on any atom is -0.330 e. The van der Waals surface area contributed by atoms with Gasteiger partial charge in [0.1, 0.15) is 0 Å². The molecule has 1 aliphatic carbocycles. The third kappa shape index (κ3) is 3.65. The molecule has 0 atom stereocenters. The monoisotopic (exact) mass is 299 g/mol. The van der Waals surface area contributed by atoms with E-state index < -0.39 is 0 Å². The van der Waals surface area contributed by atoms with E-state index >= 15 is 0 Å². The highest BCUT2D eigenvalue weighted by atomic mass is 35.5. The Kier molecular flexibility index (Phi) is 5.16. The van der Waals surface area contributed by atoms with E-state index in [0.29, 0.717) is 5.02 Å². The highest BCUT2D eigenvalue weighted by Crippen LogP contribution is 2.42. The molecule has 3 heteroatoms. The van der Waals surface area contributed by atoms with Crippen LogP contribution in [0.5, 0.6) is 0 Å². The second kappa shape index (κ2) is 6.47. The van der Waals surface area contributed by atoms with E-state index in [-0.39, 0.29) is 5.41 Å². The van der Waals surface area contributed by atoms with Crippen LogP contribution >= 0.6 is 23.2 Å². The van der Waals surface area contributed by atoms with Gasteiger partial charge in [-0.1, -0.05) is 42.6 Å². The summed E-state index contributed by atoms with van der Waals surface area (Å²) in [5.74, 6) is 0.889. The van der Waals surface area contributed by atoms with Gasteiger partial charge in [0.2, 0.25) is 0 Å². The van der Waals surface area contributed by atoms with Crippen LogP contribution in [-0.4, -0.2) is 6.54 Å². The molecule has 19 heavy (non-hydrogen) atoms. The van der Waals surface area contributed by atoms with Crippen LogP contribution in [-0.2, 0) is 6.42 Å². The van der Waals surface area contributed by atoms with Crippen molar-refractivity contribution < 1.29 is 0 Å². The third-order valence-corrected chi connectivity index (χ3v) is 5.34. The van der Waals surface area contributed by atoms with Crippen molar-refractivity contribution in [1.82, 2.24) is 0 Å². The van der Waals surface area contributed by atoms with Crippen LogP contribution in [0.15, 0.2) is 18.2 Å². The molecule has 0 unspecified atom stereocenters. The maximum atomic E-state index is 6.30. The van der Waals surface area contributed by atoms with Crippen LogP contribution in [0.2, 0.25) is 10.0 Å². The Morgan fingerprint density at radius 1 is 1.26 bits per heavy atom. The summed E-state index contributed by atoms with van der Waals surface area (Å²) in [5.41, 5.74) is 7.51. The summed E-state index contributed by atoms with van der Waals surface area (Å²) >= 11 is 12.3. The molecule has 0 saturated heterocycles. The second-order valence-electron chi connectivity index (χ2n) is 5.97. The highest BCUT2D eigenvalue weighted by Gasteiger charge is 2.34. The van der Waals surface area contributed by atoms with Crippen molar-refractivity contribution in [3.8, 4) is 0 Å². The van der Waals surface area contributed by atoms with Crippen molar-refractivity contribution in [3.05, 3.63) is 33.8 Å². The van der Waals surface area contributed by atoms with Crippen LogP contribution in [0.25, 0.3) is 0 Å². The van der Waals surface area contributed by atoms with Crippen LogP contribution in [0, 0.1) is 11.3 Å². The van der Waals surface area contributed by atoms with Crippen molar-refractivity contribution in [2.45, 2.75) is 45.4 Å². The molecule has 1 aromatic rings. The zero-order valence-electron chi connectivity index (χ0n) is 11.6. The van der Waals surface area contributed by atoms with Crippen LogP contribution in [0.3, 0.4) is 0 Å². The van der Waals surface area contributed by atoms with E-state index in [4.69, 9.17) is 28.9 Å². The Labute approximate surface area is 126 Å². The zero-order valence-corrected chi connectivity index (χ0v) is 13.1. The molecule has 1 saturated carbocycles. The molecule has 0 spiro atoms. The number of benzene rings is 1. The minimum atomic E-state index is 0.239. The first-order valence-corrected chi connectivity index (χ1v) is 7.98. The standard InChI is InChI=1S/C16H23Cl2N/c1-2-12-5-7-16(11-19,8-6-12)10-13-3-4-14(17)9-15(13)18/h3-4,9,12H,2,5-8,10-11,19H2,1H3. The predicted octanol–water partition coefficient (Wildman–Crippen LogP) is 5.08. The lowest BCUT2D eigenvalue weighted by molar-refractivity contribution is 0.153. The van der Waals surface area contributed by atoms with Gasteiger partial charge < -0.3 is 5.73 Å². The Hall–Kier alpha value is -0.240. The van der Waals surface area contributed by atoms with E-state index in [1.807, 2.05) is 18.2 Å². The number of rotatable bonds is 4. The van der Waals surface area contributed by atoms with Crippen molar-refractivity contribution in [3.63, 3.8) is 0 Å². The van der Waals surface area contributed by atoms with Gasteiger partial charge in [-0.25, -0.2) is 0 Å². The van der Waals surface area contributed by atoms with Gasteiger partial charge in [0.15, 0.2) is 0 Å². The van der Waals surface area contributed by atoms with E-state index in [1.54, 1.807) is 0 Å². The molecule has 1 nitrogen and oxygen atoms in total. The van der Waals surface area contributed by atoms with Crippen molar-refractivity contribution in [2.24, 2.45) is 17.1 Å². The average Bonchev–Trinajstić information content (AvgIpc) is 2.43. The largest absolute Gasteiger partial charge is 0.330 e. The molecular weight excluding hydrogens is 277 g/mol. The van der Waals surface area contributed by atoms with Crippen molar-refractivity contribution >= 4 is 23.2 Å². The van der Waals surface area contributed by atoms with Crippen LogP contribution in [0.4, 0.5) is 0 Å². The van der Waals surface area contributed by atoms with Crippen molar-refractivity contribution in [1.29, 1.82) is 0 Å².